The van der Waals surface area contributed by atoms with E-state index in [0.29, 0.717) is 27.4 Å². The third kappa shape index (κ3) is 4.33. The van der Waals surface area contributed by atoms with Gasteiger partial charge in [-0.05, 0) is 59.1 Å². The lowest BCUT2D eigenvalue weighted by atomic mass is 10.1. The molecule has 0 radical (unpaired) electrons. The lowest BCUT2D eigenvalue weighted by Gasteiger charge is -2.14. The van der Waals surface area contributed by atoms with Crippen LogP contribution >= 0.6 is 39.1 Å². The summed E-state index contributed by atoms with van der Waals surface area (Å²) < 4.78 is 19.9. The van der Waals surface area contributed by atoms with Crippen molar-refractivity contribution in [3.8, 4) is 11.5 Å². The van der Waals surface area contributed by atoms with Crippen molar-refractivity contribution in [2.45, 2.75) is 19.4 Å². The summed E-state index contributed by atoms with van der Waals surface area (Å²) in [6.45, 7) is 1.89. The second kappa shape index (κ2) is 6.97. The zero-order chi connectivity index (χ0) is 15.6. The average molecular weight is 393 g/mol. The smallest absolute Gasteiger partial charge is 0.145 e. The lowest BCUT2D eigenvalue weighted by Crippen LogP contribution is -2.18. The number of hydrogen-bond acceptors (Lipinski definition) is 2. The maximum atomic E-state index is 13.6. The van der Waals surface area contributed by atoms with E-state index in [2.05, 4.69) is 15.9 Å². The summed E-state index contributed by atoms with van der Waals surface area (Å²) in [4.78, 5) is 0. The van der Waals surface area contributed by atoms with E-state index in [-0.39, 0.29) is 11.1 Å². The second-order valence-electron chi connectivity index (χ2n) is 4.73. The highest BCUT2D eigenvalue weighted by atomic mass is 79.9. The highest BCUT2D eigenvalue weighted by Gasteiger charge is 2.12. The lowest BCUT2D eigenvalue weighted by molar-refractivity contribution is 0.465. The van der Waals surface area contributed by atoms with Gasteiger partial charge in [-0.2, -0.15) is 0 Å². The normalized spacial score (nSPS) is 12.3. The molecule has 0 aliphatic heterocycles. The minimum Gasteiger partial charge on any atom is -0.456 e. The Morgan fingerprint density at radius 3 is 2.62 bits per heavy atom. The molecule has 6 heteroatoms. The molecule has 1 unspecified atom stereocenters. The van der Waals surface area contributed by atoms with E-state index < -0.39 is 5.82 Å². The van der Waals surface area contributed by atoms with Crippen molar-refractivity contribution in [2.75, 3.05) is 0 Å². The Kier molecular flexibility index (Phi) is 5.49. The number of rotatable bonds is 4. The molecule has 2 aromatic carbocycles. The van der Waals surface area contributed by atoms with Gasteiger partial charge in [0.15, 0.2) is 0 Å². The predicted molar refractivity (Wildman–Crippen MR) is 88.0 cm³/mol. The monoisotopic (exact) mass is 391 g/mol. The van der Waals surface area contributed by atoms with E-state index >= 15 is 0 Å². The van der Waals surface area contributed by atoms with Crippen LogP contribution in [0.1, 0.15) is 12.5 Å². The van der Waals surface area contributed by atoms with Crippen molar-refractivity contribution in [1.29, 1.82) is 0 Å². The first-order chi connectivity index (χ1) is 9.86. The van der Waals surface area contributed by atoms with Crippen molar-refractivity contribution in [3.05, 3.63) is 56.2 Å². The third-order valence-corrected chi connectivity index (χ3v) is 3.90. The van der Waals surface area contributed by atoms with E-state index in [1.54, 1.807) is 18.2 Å². The summed E-state index contributed by atoms with van der Waals surface area (Å²) in [5.74, 6) is 0.377. The Labute approximate surface area is 141 Å². The molecule has 0 fully saturated rings. The van der Waals surface area contributed by atoms with Gasteiger partial charge in [0.1, 0.15) is 17.3 Å². The van der Waals surface area contributed by atoms with Crippen molar-refractivity contribution >= 4 is 39.1 Å². The SMILES string of the molecule is CC(N)Cc1cc(Cl)ccc1Oc1cc(F)c(Cl)cc1Br. The Bertz CT molecular complexity index is 664. The Morgan fingerprint density at radius 1 is 1.24 bits per heavy atom. The molecule has 0 saturated carbocycles. The largest absolute Gasteiger partial charge is 0.456 e. The quantitative estimate of drug-likeness (QED) is 0.689. The molecule has 2 N–H and O–H groups in total. The first kappa shape index (κ1) is 16.6. The fourth-order valence-corrected chi connectivity index (χ4v) is 2.77. The molecule has 2 rings (SSSR count). The number of hydrogen-bond donors (Lipinski definition) is 1. The number of halogens is 4. The maximum absolute atomic E-state index is 13.6. The molecule has 0 amide bonds. The average Bonchev–Trinajstić information content (AvgIpc) is 2.38. The summed E-state index contributed by atoms with van der Waals surface area (Å²) in [5.41, 5.74) is 6.69. The van der Waals surface area contributed by atoms with Crippen molar-refractivity contribution in [3.63, 3.8) is 0 Å². The van der Waals surface area contributed by atoms with Gasteiger partial charge in [0, 0.05) is 17.1 Å². The zero-order valence-electron chi connectivity index (χ0n) is 11.2. The molecule has 0 spiro atoms. The standard InChI is InChI=1S/C15H13BrCl2FNO/c1-8(20)4-9-5-10(17)2-3-14(9)21-15-7-13(19)12(18)6-11(15)16/h2-3,5-8H,4,20H2,1H3. The zero-order valence-corrected chi connectivity index (χ0v) is 14.3. The van der Waals surface area contributed by atoms with Crippen LogP contribution in [0.3, 0.4) is 0 Å². The molecule has 1 atom stereocenters. The second-order valence-corrected chi connectivity index (χ2v) is 6.43. The van der Waals surface area contributed by atoms with E-state index in [4.69, 9.17) is 33.7 Å². The summed E-state index contributed by atoms with van der Waals surface area (Å²) >= 11 is 15.0. The molecule has 0 aliphatic rings. The highest BCUT2D eigenvalue weighted by Crippen LogP contribution is 2.35. The van der Waals surface area contributed by atoms with Gasteiger partial charge >= 0.3 is 0 Å². The van der Waals surface area contributed by atoms with Crippen LogP contribution in [0, 0.1) is 5.82 Å². The summed E-state index contributed by atoms with van der Waals surface area (Å²) in [6, 6.07) is 7.88. The Balaban J connectivity index is 2.37. The number of nitrogens with two attached hydrogens (primary N) is 1. The molecule has 0 heterocycles. The molecular formula is C15H13BrCl2FNO. The topological polar surface area (TPSA) is 35.2 Å². The van der Waals surface area contributed by atoms with Gasteiger partial charge in [-0.15, -0.1) is 0 Å². The minimum absolute atomic E-state index is 0.0288. The predicted octanol–water partition coefficient (Wildman–Crippen LogP) is 5.58. The molecule has 112 valence electrons. The van der Waals surface area contributed by atoms with Crippen LogP contribution in [0.25, 0.3) is 0 Å². The van der Waals surface area contributed by atoms with Crippen molar-refractivity contribution in [2.24, 2.45) is 5.73 Å². The van der Waals surface area contributed by atoms with Gasteiger partial charge in [0.25, 0.3) is 0 Å². The number of benzene rings is 2. The molecule has 2 aromatic rings. The minimum atomic E-state index is -0.544. The molecule has 2 nitrogen and oxygen atoms in total. The first-order valence-electron chi connectivity index (χ1n) is 6.23. The third-order valence-electron chi connectivity index (χ3n) is 2.76. The molecule has 0 aliphatic carbocycles. The first-order valence-corrected chi connectivity index (χ1v) is 7.78. The van der Waals surface area contributed by atoms with Crippen molar-refractivity contribution < 1.29 is 9.13 Å². The summed E-state index contributed by atoms with van der Waals surface area (Å²) in [5, 5.41) is 0.625. The van der Waals surface area contributed by atoms with Crippen LogP contribution in [0.5, 0.6) is 11.5 Å². The van der Waals surface area contributed by atoms with Crippen LogP contribution in [-0.2, 0) is 6.42 Å². The Hall–Kier alpha value is -0.810. The van der Waals surface area contributed by atoms with E-state index in [9.17, 15) is 4.39 Å². The molecule has 0 bridgehead atoms. The van der Waals surface area contributed by atoms with Gasteiger partial charge < -0.3 is 10.5 Å². The summed E-state index contributed by atoms with van der Waals surface area (Å²) in [7, 11) is 0. The van der Waals surface area contributed by atoms with Crippen LogP contribution < -0.4 is 10.5 Å². The van der Waals surface area contributed by atoms with Gasteiger partial charge in [-0.25, -0.2) is 4.39 Å². The highest BCUT2D eigenvalue weighted by molar-refractivity contribution is 9.10. The van der Waals surface area contributed by atoms with Crippen LogP contribution in [-0.4, -0.2) is 6.04 Å². The van der Waals surface area contributed by atoms with E-state index in [1.165, 1.54) is 12.1 Å². The number of ether oxygens (including phenoxy) is 1. The van der Waals surface area contributed by atoms with Gasteiger partial charge in [-0.1, -0.05) is 23.2 Å². The fraction of sp³-hybridized carbons (Fsp3) is 0.200. The van der Waals surface area contributed by atoms with E-state index in [0.717, 1.165) is 5.56 Å². The van der Waals surface area contributed by atoms with E-state index in [1.807, 2.05) is 6.92 Å². The molecular weight excluding hydrogens is 380 g/mol. The summed E-state index contributed by atoms with van der Waals surface area (Å²) in [6.07, 6.45) is 0.601. The fourth-order valence-electron chi connectivity index (χ4n) is 1.85. The Morgan fingerprint density at radius 2 is 1.95 bits per heavy atom. The van der Waals surface area contributed by atoms with Crippen LogP contribution in [0.15, 0.2) is 34.8 Å². The van der Waals surface area contributed by atoms with Crippen LogP contribution in [0.4, 0.5) is 4.39 Å². The molecule has 0 aromatic heterocycles. The van der Waals surface area contributed by atoms with Crippen molar-refractivity contribution in [1.82, 2.24) is 0 Å². The van der Waals surface area contributed by atoms with Crippen LogP contribution in [0.2, 0.25) is 10.0 Å². The van der Waals surface area contributed by atoms with Gasteiger partial charge in [0.05, 0.1) is 9.50 Å². The molecule has 0 saturated heterocycles. The maximum Gasteiger partial charge on any atom is 0.145 e. The van der Waals surface area contributed by atoms with Gasteiger partial charge in [-0.3, -0.25) is 0 Å². The van der Waals surface area contributed by atoms with Gasteiger partial charge in [0.2, 0.25) is 0 Å². The molecule has 21 heavy (non-hydrogen) atoms.